The molecule has 1 saturated heterocycles. The summed E-state index contributed by atoms with van der Waals surface area (Å²) in [6.45, 7) is 0. The van der Waals surface area contributed by atoms with Gasteiger partial charge in [0.15, 0.2) is 0 Å². The maximum atomic E-state index is 12.1. The molecule has 1 aromatic rings. The van der Waals surface area contributed by atoms with Gasteiger partial charge in [-0.15, -0.1) is 10.2 Å². The number of carbonyl (C=O) groups excluding carboxylic acids is 4. The van der Waals surface area contributed by atoms with Crippen molar-refractivity contribution in [3.63, 3.8) is 0 Å². The Balaban J connectivity index is 1.36. The average molecular weight is 571 g/mol. The molecule has 0 spiro atoms. The van der Waals surface area contributed by atoms with Gasteiger partial charge in [0.05, 0.1) is 5.75 Å². The van der Waals surface area contributed by atoms with E-state index in [0.717, 1.165) is 37.9 Å². The van der Waals surface area contributed by atoms with E-state index in [4.69, 9.17) is 0 Å². The van der Waals surface area contributed by atoms with Crippen LogP contribution in [0, 0.1) is 0 Å². The highest BCUT2D eigenvalue weighted by Crippen LogP contribution is 2.14. The van der Waals surface area contributed by atoms with E-state index in [1.807, 2.05) is 4.72 Å². The standard InChI is InChI=1S/C25H42N6O7S/c32-22(28-39(36,37)20-14-17-25(35)38-31-23(33)18-19-24(31)34)16-13-11-9-7-5-3-1-2-4-6-8-10-12-15-21-26-29-30-27-21/h1-20H2,(H,28,32)(H,26,27,29,30). The smallest absolute Gasteiger partial charge is 0.330 e. The van der Waals surface area contributed by atoms with E-state index < -0.39 is 39.5 Å². The van der Waals surface area contributed by atoms with Gasteiger partial charge in [0.25, 0.3) is 11.8 Å². The Kier molecular flexibility index (Phi) is 15.2. The van der Waals surface area contributed by atoms with Crippen molar-refractivity contribution in [2.45, 2.75) is 122 Å². The number of H-pyrrole nitrogens is 1. The van der Waals surface area contributed by atoms with Gasteiger partial charge in [0.2, 0.25) is 15.9 Å². The number of aromatic amines is 1. The molecule has 0 atom stereocenters. The second-order valence-corrected chi connectivity index (χ2v) is 11.8. The second-order valence-electron chi connectivity index (χ2n) is 9.94. The van der Waals surface area contributed by atoms with Crippen LogP contribution in [0.2, 0.25) is 0 Å². The Morgan fingerprint density at radius 1 is 0.795 bits per heavy atom. The first-order valence-corrected chi connectivity index (χ1v) is 15.7. The minimum absolute atomic E-state index is 0.0144. The zero-order chi connectivity index (χ0) is 28.3. The van der Waals surface area contributed by atoms with Crippen molar-refractivity contribution >= 4 is 33.7 Å². The molecule has 2 heterocycles. The number of nitrogens with zero attached hydrogens (tertiary/aromatic N) is 4. The molecule has 1 aromatic heterocycles. The molecule has 1 aliphatic heterocycles. The molecular formula is C25H42N6O7S. The summed E-state index contributed by atoms with van der Waals surface area (Å²) in [5, 5.41) is 14.2. The minimum atomic E-state index is -3.87. The monoisotopic (exact) mass is 570 g/mol. The first-order chi connectivity index (χ1) is 18.8. The van der Waals surface area contributed by atoms with Gasteiger partial charge in [-0.3, -0.25) is 19.1 Å². The molecule has 0 aromatic carbocycles. The van der Waals surface area contributed by atoms with Crippen LogP contribution >= 0.6 is 0 Å². The molecular weight excluding hydrogens is 528 g/mol. The quantitative estimate of drug-likeness (QED) is 0.155. The first-order valence-electron chi connectivity index (χ1n) is 14.1. The number of hydrogen-bond donors (Lipinski definition) is 2. The average Bonchev–Trinajstić information content (AvgIpc) is 3.51. The Labute approximate surface area is 230 Å². The highest BCUT2D eigenvalue weighted by Gasteiger charge is 2.32. The van der Waals surface area contributed by atoms with E-state index in [9.17, 15) is 27.6 Å². The van der Waals surface area contributed by atoms with Crippen LogP contribution in [-0.2, 0) is 40.5 Å². The lowest BCUT2D eigenvalue weighted by atomic mass is 10.0. The van der Waals surface area contributed by atoms with Gasteiger partial charge < -0.3 is 4.84 Å². The summed E-state index contributed by atoms with van der Waals surface area (Å²) in [4.78, 5) is 51.2. The second kappa shape index (κ2) is 18.4. The Hall–Kier alpha value is -2.90. The molecule has 39 heavy (non-hydrogen) atoms. The predicted molar refractivity (Wildman–Crippen MR) is 141 cm³/mol. The molecule has 0 unspecified atom stereocenters. The predicted octanol–water partition coefficient (Wildman–Crippen LogP) is 3.04. The Morgan fingerprint density at radius 3 is 1.87 bits per heavy atom. The lowest BCUT2D eigenvalue weighted by Gasteiger charge is -2.12. The van der Waals surface area contributed by atoms with E-state index in [1.165, 1.54) is 51.4 Å². The number of tetrazole rings is 1. The zero-order valence-electron chi connectivity index (χ0n) is 22.7. The number of nitrogens with one attached hydrogen (secondary N) is 2. The molecule has 0 bridgehead atoms. The third-order valence-corrected chi connectivity index (χ3v) is 7.83. The molecule has 3 amide bonds. The fourth-order valence-electron chi connectivity index (χ4n) is 4.29. The van der Waals surface area contributed by atoms with Crippen LogP contribution < -0.4 is 4.72 Å². The number of amides is 3. The normalized spacial score (nSPS) is 13.7. The molecule has 1 aliphatic rings. The van der Waals surface area contributed by atoms with Crippen LogP contribution in [-0.4, -0.2) is 63.5 Å². The summed E-state index contributed by atoms with van der Waals surface area (Å²) in [5.41, 5.74) is 0. The third kappa shape index (κ3) is 14.7. The lowest BCUT2D eigenvalue weighted by molar-refractivity contribution is -0.197. The van der Waals surface area contributed by atoms with Crippen LogP contribution in [0.1, 0.15) is 121 Å². The SMILES string of the molecule is O=C(CCCCCCCCCCCCCCCc1nnn[nH]1)NS(=O)(=O)CCCC(=O)ON1C(=O)CCC1=O. The summed E-state index contributed by atoms with van der Waals surface area (Å²) in [7, 11) is -3.87. The Bertz CT molecular complexity index is 985. The zero-order valence-corrected chi connectivity index (χ0v) is 23.5. The number of hydroxylamine groups is 2. The van der Waals surface area contributed by atoms with E-state index >= 15 is 0 Å². The van der Waals surface area contributed by atoms with Crippen molar-refractivity contribution < 1.29 is 32.4 Å². The molecule has 14 heteroatoms. The number of aromatic nitrogens is 4. The minimum Gasteiger partial charge on any atom is -0.330 e. The van der Waals surface area contributed by atoms with Crippen LogP contribution in [0.15, 0.2) is 0 Å². The van der Waals surface area contributed by atoms with Gasteiger partial charge >= 0.3 is 5.97 Å². The summed E-state index contributed by atoms with van der Waals surface area (Å²) in [5.74, 6) is -2.20. The topological polar surface area (TPSA) is 181 Å². The van der Waals surface area contributed by atoms with Crippen molar-refractivity contribution in [2.24, 2.45) is 0 Å². The number of hydrogen-bond acceptors (Lipinski definition) is 10. The van der Waals surface area contributed by atoms with Crippen molar-refractivity contribution in [3.05, 3.63) is 5.82 Å². The van der Waals surface area contributed by atoms with E-state index in [2.05, 4.69) is 25.5 Å². The van der Waals surface area contributed by atoms with Crippen molar-refractivity contribution in [1.82, 2.24) is 30.4 Å². The van der Waals surface area contributed by atoms with Crippen LogP contribution in [0.5, 0.6) is 0 Å². The van der Waals surface area contributed by atoms with Crippen molar-refractivity contribution in [3.8, 4) is 0 Å². The number of sulfonamides is 1. The lowest BCUT2D eigenvalue weighted by Crippen LogP contribution is -2.33. The maximum absolute atomic E-state index is 12.1. The fourth-order valence-corrected chi connectivity index (χ4v) is 5.37. The van der Waals surface area contributed by atoms with Crippen LogP contribution in [0.3, 0.4) is 0 Å². The van der Waals surface area contributed by atoms with Gasteiger partial charge in [-0.1, -0.05) is 70.6 Å². The first kappa shape index (κ1) is 32.3. The maximum Gasteiger partial charge on any atom is 0.333 e. The molecule has 0 radical (unpaired) electrons. The molecule has 220 valence electrons. The summed E-state index contributed by atoms with van der Waals surface area (Å²) in [6.07, 6.45) is 15.2. The fraction of sp³-hybridized carbons (Fsp3) is 0.800. The molecule has 2 rings (SSSR count). The van der Waals surface area contributed by atoms with Crippen LogP contribution in [0.4, 0.5) is 0 Å². The molecule has 1 fully saturated rings. The Morgan fingerprint density at radius 2 is 1.33 bits per heavy atom. The molecule has 0 saturated carbocycles. The van der Waals surface area contributed by atoms with E-state index in [-0.39, 0.29) is 32.1 Å². The summed E-state index contributed by atoms with van der Waals surface area (Å²) in [6, 6.07) is 0. The largest absolute Gasteiger partial charge is 0.333 e. The summed E-state index contributed by atoms with van der Waals surface area (Å²) < 4.78 is 26.1. The molecule has 0 aliphatic carbocycles. The van der Waals surface area contributed by atoms with E-state index in [0.29, 0.717) is 11.5 Å². The number of aryl methyl sites for hydroxylation is 1. The molecule has 13 nitrogen and oxygen atoms in total. The number of unbranched alkanes of at least 4 members (excludes halogenated alkanes) is 12. The number of rotatable bonds is 22. The van der Waals surface area contributed by atoms with Gasteiger partial charge in [-0.05, 0) is 29.7 Å². The van der Waals surface area contributed by atoms with Gasteiger partial charge in [0.1, 0.15) is 5.82 Å². The highest BCUT2D eigenvalue weighted by atomic mass is 32.2. The van der Waals surface area contributed by atoms with Gasteiger partial charge in [-0.2, -0.15) is 0 Å². The summed E-state index contributed by atoms with van der Waals surface area (Å²) >= 11 is 0. The van der Waals surface area contributed by atoms with Crippen molar-refractivity contribution in [2.75, 3.05) is 5.75 Å². The van der Waals surface area contributed by atoms with Gasteiger partial charge in [0, 0.05) is 32.1 Å². The van der Waals surface area contributed by atoms with Gasteiger partial charge in [-0.25, -0.2) is 18.3 Å². The highest BCUT2D eigenvalue weighted by molar-refractivity contribution is 7.90. The number of imide groups is 1. The van der Waals surface area contributed by atoms with Crippen LogP contribution in [0.25, 0.3) is 0 Å². The van der Waals surface area contributed by atoms with E-state index in [1.54, 1.807) is 0 Å². The number of carbonyl (C=O) groups is 4. The third-order valence-electron chi connectivity index (χ3n) is 6.47. The molecule has 2 N–H and O–H groups in total. The van der Waals surface area contributed by atoms with Crippen molar-refractivity contribution in [1.29, 1.82) is 0 Å².